The normalized spacial score (nSPS) is 13.0. The van der Waals surface area contributed by atoms with Crippen molar-refractivity contribution in [1.29, 1.82) is 0 Å². The van der Waals surface area contributed by atoms with Gasteiger partial charge in [-0.15, -0.1) is 0 Å². The van der Waals surface area contributed by atoms with E-state index >= 15 is 0 Å². The highest BCUT2D eigenvalue weighted by molar-refractivity contribution is 5.80. The predicted octanol–water partition coefficient (Wildman–Crippen LogP) is 2.19. The van der Waals surface area contributed by atoms with Crippen LogP contribution in [0.1, 0.15) is 47.2 Å². The zero-order valence-corrected chi connectivity index (χ0v) is 15.3. The van der Waals surface area contributed by atoms with Crippen molar-refractivity contribution in [3.8, 4) is 0 Å². The molecule has 0 spiro atoms. The lowest BCUT2D eigenvalue weighted by atomic mass is 10.1. The molecule has 0 saturated carbocycles. The minimum Gasteiger partial charge on any atom is -0.480 e. The number of carboxylic acid groups (broad SMARTS) is 1. The highest BCUT2D eigenvalue weighted by atomic mass is 16.6. The van der Waals surface area contributed by atoms with Gasteiger partial charge in [0.2, 0.25) is 0 Å². The van der Waals surface area contributed by atoms with Gasteiger partial charge >= 0.3 is 18.2 Å². The number of aromatic nitrogens is 2. The molecular weight excluding hydrogens is 330 g/mol. The molecule has 0 aliphatic carbocycles. The highest BCUT2D eigenvalue weighted by Crippen LogP contribution is 2.10. The van der Waals surface area contributed by atoms with Crippen molar-refractivity contribution < 1.29 is 29.0 Å². The van der Waals surface area contributed by atoms with Crippen LogP contribution in [0.15, 0.2) is 12.3 Å². The number of hydrogen-bond donors (Lipinski definition) is 2. The fourth-order valence-electron chi connectivity index (χ4n) is 1.74. The molecule has 0 bridgehead atoms. The topological polar surface area (TPSA) is 120 Å². The van der Waals surface area contributed by atoms with Gasteiger partial charge in [-0.25, -0.2) is 14.4 Å². The fourth-order valence-corrected chi connectivity index (χ4v) is 1.74. The lowest BCUT2D eigenvalue weighted by molar-refractivity contribution is -0.139. The number of nitrogens with one attached hydrogen (secondary N) is 1. The number of amides is 1. The van der Waals surface area contributed by atoms with Crippen LogP contribution in [0.25, 0.3) is 0 Å². The van der Waals surface area contributed by atoms with Crippen molar-refractivity contribution in [2.75, 3.05) is 0 Å². The van der Waals surface area contributed by atoms with E-state index in [0.717, 1.165) is 4.68 Å². The molecule has 1 unspecified atom stereocenters. The molecule has 0 aliphatic heterocycles. The van der Waals surface area contributed by atoms with Crippen LogP contribution in [-0.4, -0.2) is 50.3 Å². The van der Waals surface area contributed by atoms with Crippen LogP contribution >= 0.6 is 0 Å². The molecule has 1 rings (SSSR count). The maximum atomic E-state index is 11.9. The molecule has 1 atom stereocenters. The van der Waals surface area contributed by atoms with Crippen molar-refractivity contribution in [1.82, 2.24) is 15.1 Å². The number of aliphatic carboxylic acids is 1. The number of carbonyl (C=O) groups is 3. The Kier molecular flexibility index (Phi) is 6.17. The molecule has 25 heavy (non-hydrogen) atoms. The van der Waals surface area contributed by atoms with Gasteiger partial charge in [0.25, 0.3) is 0 Å². The van der Waals surface area contributed by atoms with E-state index in [1.807, 2.05) is 0 Å². The van der Waals surface area contributed by atoms with Crippen LogP contribution in [0.2, 0.25) is 0 Å². The Morgan fingerprint density at radius 3 is 2.20 bits per heavy atom. The number of alkyl carbamates (subject to hydrolysis) is 1. The fraction of sp³-hybridized carbons (Fsp3) is 0.625. The van der Waals surface area contributed by atoms with Gasteiger partial charge in [-0.05, 0) is 47.6 Å². The molecular formula is C16H25N3O6. The first kappa shape index (κ1) is 20.5. The number of rotatable bonds is 4. The Balaban J connectivity index is 2.76. The average Bonchev–Trinajstić information content (AvgIpc) is 2.82. The summed E-state index contributed by atoms with van der Waals surface area (Å²) in [5, 5.41) is 15.5. The summed E-state index contributed by atoms with van der Waals surface area (Å²) in [6, 6.07) is 0.244. The third-order valence-corrected chi connectivity index (χ3v) is 2.63. The monoisotopic (exact) mass is 355 g/mol. The van der Waals surface area contributed by atoms with Crippen molar-refractivity contribution in [3.63, 3.8) is 0 Å². The van der Waals surface area contributed by atoms with Crippen molar-refractivity contribution >= 4 is 18.2 Å². The molecule has 0 fully saturated rings. The van der Waals surface area contributed by atoms with E-state index in [2.05, 4.69) is 10.4 Å². The Bertz CT molecular complexity index is 639. The van der Waals surface area contributed by atoms with Gasteiger partial charge in [0, 0.05) is 12.6 Å². The SMILES string of the molecule is CC(C)(C)OC(=O)NC(Cc1ccn(C(=O)OC(C)(C)C)n1)C(=O)O. The Hall–Kier alpha value is -2.58. The van der Waals surface area contributed by atoms with Gasteiger partial charge in [0.15, 0.2) is 0 Å². The molecule has 0 aliphatic rings. The third-order valence-electron chi connectivity index (χ3n) is 2.63. The number of carbonyl (C=O) groups excluding carboxylic acids is 2. The molecule has 1 aromatic heterocycles. The summed E-state index contributed by atoms with van der Waals surface area (Å²) in [6.07, 6.45) is -0.252. The number of hydrogen-bond acceptors (Lipinski definition) is 6. The summed E-state index contributed by atoms with van der Waals surface area (Å²) >= 11 is 0. The number of nitrogens with zero attached hydrogens (tertiary/aromatic N) is 2. The smallest absolute Gasteiger partial charge is 0.435 e. The van der Waals surface area contributed by atoms with Crippen LogP contribution in [0.3, 0.4) is 0 Å². The lowest BCUT2D eigenvalue weighted by Crippen LogP contribution is -2.44. The summed E-state index contributed by atoms with van der Waals surface area (Å²) in [5.41, 5.74) is -1.11. The molecule has 9 nitrogen and oxygen atoms in total. The zero-order valence-electron chi connectivity index (χ0n) is 15.3. The van der Waals surface area contributed by atoms with E-state index in [1.165, 1.54) is 12.3 Å². The van der Waals surface area contributed by atoms with Crippen LogP contribution < -0.4 is 5.32 Å². The Morgan fingerprint density at radius 2 is 1.72 bits per heavy atom. The van der Waals surface area contributed by atoms with E-state index in [0.29, 0.717) is 5.69 Å². The van der Waals surface area contributed by atoms with Gasteiger partial charge in [-0.2, -0.15) is 9.78 Å². The van der Waals surface area contributed by atoms with Crippen LogP contribution in [0.4, 0.5) is 9.59 Å². The summed E-state index contributed by atoms with van der Waals surface area (Å²) in [5.74, 6) is -1.24. The molecule has 0 radical (unpaired) electrons. The zero-order chi connectivity index (χ0) is 19.4. The molecule has 0 saturated heterocycles. The number of carboxylic acids is 1. The second-order valence-electron chi connectivity index (χ2n) is 7.47. The summed E-state index contributed by atoms with van der Waals surface area (Å²) in [4.78, 5) is 35.0. The first-order valence-corrected chi connectivity index (χ1v) is 7.77. The standard InChI is InChI=1S/C16H25N3O6/c1-15(2,3)24-13(22)17-11(12(20)21)9-10-7-8-19(18-10)14(23)25-16(4,5)6/h7-8,11H,9H2,1-6H3,(H,17,22)(H,20,21). The molecule has 9 heteroatoms. The highest BCUT2D eigenvalue weighted by Gasteiger charge is 2.25. The average molecular weight is 355 g/mol. The predicted molar refractivity (Wildman–Crippen MR) is 88.4 cm³/mol. The molecule has 1 amide bonds. The van der Waals surface area contributed by atoms with Crippen molar-refractivity contribution in [2.24, 2.45) is 0 Å². The Labute approximate surface area is 146 Å². The van der Waals surface area contributed by atoms with E-state index in [-0.39, 0.29) is 6.42 Å². The molecule has 1 aromatic rings. The van der Waals surface area contributed by atoms with E-state index in [9.17, 15) is 19.5 Å². The second kappa shape index (κ2) is 7.54. The third kappa shape index (κ3) is 7.69. The summed E-state index contributed by atoms with van der Waals surface area (Å²) < 4.78 is 11.2. The molecule has 140 valence electrons. The largest absolute Gasteiger partial charge is 0.480 e. The van der Waals surface area contributed by atoms with Gasteiger partial charge in [-0.3, -0.25) is 0 Å². The van der Waals surface area contributed by atoms with Crippen LogP contribution in [0.5, 0.6) is 0 Å². The quantitative estimate of drug-likeness (QED) is 0.849. The van der Waals surface area contributed by atoms with E-state index in [1.54, 1.807) is 41.5 Å². The Morgan fingerprint density at radius 1 is 1.16 bits per heavy atom. The maximum Gasteiger partial charge on any atom is 0.435 e. The van der Waals surface area contributed by atoms with Gasteiger partial charge in [0.1, 0.15) is 17.2 Å². The minimum atomic E-state index is -1.24. The lowest BCUT2D eigenvalue weighted by Gasteiger charge is -2.21. The van der Waals surface area contributed by atoms with E-state index < -0.39 is 35.4 Å². The van der Waals surface area contributed by atoms with Crippen LogP contribution in [-0.2, 0) is 20.7 Å². The molecule has 2 N–H and O–H groups in total. The van der Waals surface area contributed by atoms with E-state index in [4.69, 9.17) is 9.47 Å². The van der Waals surface area contributed by atoms with Crippen molar-refractivity contribution in [2.45, 2.75) is 65.2 Å². The first-order chi connectivity index (χ1) is 11.3. The maximum absolute atomic E-state index is 11.9. The van der Waals surface area contributed by atoms with Crippen LogP contribution in [0, 0.1) is 0 Å². The van der Waals surface area contributed by atoms with Gasteiger partial charge in [-0.1, -0.05) is 0 Å². The summed E-state index contributed by atoms with van der Waals surface area (Å²) in [6.45, 7) is 10.2. The minimum absolute atomic E-state index is 0.107. The second-order valence-corrected chi connectivity index (χ2v) is 7.47. The number of ether oxygens (including phenoxy) is 2. The molecule has 1 heterocycles. The first-order valence-electron chi connectivity index (χ1n) is 7.77. The van der Waals surface area contributed by atoms with Crippen molar-refractivity contribution in [3.05, 3.63) is 18.0 Å². The van der Waals surface area contributed by atoms with Gasteiger partial charge < -0.3 is 19.9 Å². The van der Waals surface area contributed by atoms with Gasteiger partial charge in [0.05, 0.1) is 5.69 Å². The summed E-state index contributed by atoms with van der Waals surface area (Å²) in [7, 11) is 0. The molecule has 0 aromatic carbocycles.